The van der Waals surface area contributed by atoms with Gasteiger partial charge in [0.05, 0.1) is 5.75 Å². The maximum absolute atomic E-state index is 13.6. The monoisotopic (exact) mass is 574 g/mol. The maximum Gasteiger partial charge on any atom is 0.250 e. The Balaban J connectivity index is 2.28. The molecule has 0 unspecified atom stereocenters. The number of nitrogens with zero attached hydrogens (tertiary/aromatic N) is 2. The van der Waals surface area contributed by atoms with E-state index in [1.165, 1.54) is 49.0 Å². The van der Waals surface area contributed by atoms with Gasteiger partial charge in [-0.3, -0.25) is 13.8 Å². The summed E-state index contributed by atoms with van der Waals surface area (Å²) in [6.07, 6.45) is 1.62. The highest BCUT2D eigenvalue weighted by Crippen LogP contribution is 2.34. The van der Waals surface area contributed by atoms with Crippen LogP contribution in [0.4, 0.5) is 4.39 Å². The van der Waals surface area contributed by atoms with Gasteiger partial charge in [0.15, 0.2) is 5.78 Å². The highest BCUT2D eigenvalue weighted by Gasteiger charge is 2.26. The molecule has 0 aliphatic rings. The molecule has 10 heteroatoms. The minimum absolute atomic E-state index is 0.263. The first-order valence-corrected chi connectivity index (χ1v) is 15.4. The van der Waals surface area contributed by atoms with E-state index in [9.17, 15) is 26.6 Å². The van der Waals surface area contributed by atoms with E-state index >= 15 is 0 Å². The summed E-state index contributed by atoms with van der Waals surface area (Å²) in [5, 5.41) is 0. The van der Waals surface area contributed by atoms with Gasteiger partial charge in [-0.25, -0.2) is 17.1 Å². The molecule has 2 atom stereocenters. The van der Waals surface area contributed by atoms with Crippen molar-refractivity contribution in [1.82, 2.24) is 8.87 Å². The average Bonchev–Trinajstić information content (AvgIpc) is 2.84. The van der Waals surface area contributed by atoms with E-state index in [4.69, 9.17) is 0 Å². The molecule has 0 N–H and O–H groups in total. The summed E-state index contributed by atoms with van der Waals surface area (Å²) in [5.74, 6) is -1.16. The standard InChI is InChI=1S/C29H35FN2O5S2/c1-19(17-38(35)29(2,3)4)24-15-27(33)32(7)16-26(24)25-14-20(18-39(36,37)31(5)6)8-13-23(25)28(34)21-9-11-22(30)12-10-21/h8-16,19H,17-18H2,1-7H3/t19-,38-/m1/s1. The van der Waals surface area contributed by atoms with Crippen molar-refractivity contribution >= 4 is 26.6 Å². The third kappa shape index (κ3) is 7.17. The maximum atomic E-state index is 13.6. The first-order chi connectivity index (χ1) is 18.0. The summed E-state index contributed by atoms with van der Waals surface area (Å²) in [6.45, 7) is 7.53. The second kappa shape index (κ2) is 11.7. The molecular weight excluding hydrogens is 539 g/mol. The van der Waals surface area contributed by atoms with Crippen LogP contribution in [0.3, 0.4) is 0 Å². The molecule has 0 spiro atoms. The molecule has 0 saturated carbocycles. The van der Waals surface area contributed by atoms with Gasteiger partial charge in [-0.2, -0.15) is 0 Å². The van der Waals surface area contributed by atoms with Crippen LogP contribution >= 0.6 is 0 Å². The molecule has 39 heavy (non-hydrogen) atoms. The second-order valence-electron chi connectivity index (χ2n) is 10.9. The number of ketones is 1. The van der Waals surface area contributed by atoms with Crippen molar-refractivity contribution in [3.8, 4) is 11.1 Å². The second-order valence-corrected chi connectivity index (χ2v) is 15.3. The van der Waals surface area contributed by atoms with Crippen LogP contribution in [0.15, 0.2) is 59.5 Å². The number of halogens is 1. The van der Waals surface area contributed by atoms with Gasteiger partial charge in [0.2, 0.25) is 10.0 Å². The third-order valence-corrected chi connectivity index (χ3v) is 10.5. The number of benzene rings is 2. The molecule has 0 saturated heterocycles. The fourth-order valence-corrected chi connectivity index (χ4v) is 6.04. The molecule has 1 aromatic heterocycles. The first kappa shape index (κ1) is 30.6. The van der Waals surface area contributed by atoms with Crippen molar-refractivity contribution in [2.45, 2.75) is 44.1 Å². The lowest BCUT2D eigenvalue weighted by molar-refractivity contribution is 0.103. The molecule has 1 heterocycles. The zero-order valence-electron chi connectivity index (χ0n) is 23.3. The molecule has 0 radical (unpaired) electrons. The predicted octanol–water partition coefficient (Wildman–Crippen LogP) is 4.46. The molecule has 0 aliphatic carbocycles. The van der Waals surface area contributed by atoms with Crippen LogP contribution in [-0.2, 0) is 33.6 Å². The van der Waals surface area contributed by atoms with Gasteiger partial charge in [0.1, 0.15) is 5.82 Å². The Kier molecular flexibility index (Phi) is 9.14. The van der Waals surface area contributed by atoms with Crippen molar-refractivity contribution in [3.63, 3.8) is 0 Å². The van der Waals surface area contributed by atoms with Crippen LogP contribution in [0.1, 0.15) is 60.7 Å². The number of sulfonamides is 1. The van der Waals surface area contributed by atoms with Crippen molar-refractivity contribution in [1.29, 1.82) is 0 Å². The molecule has 3 rings (SSSR count). The normalized spacial score (nSPS) is 13.9. The zero-order valence-corrected chi connectivity index (χ0v) is 25.0. The van der Waals surface area contributed by atoms with E-state index in [1.54, 1.807) is 31.4 Å². The molecule has 3 aromatic rings. The Labute approximate surface area is 232 Å². The minimum Gasteiger partial charge on any atom is -0.318 e. The molecule has 0 bridgehead atoms. The van der Waals surface area contributed by atoms with E-state index in [0.717, 1.165) is 4.31 Å². The number of carbonyl (C=O) groups excluding carboxylic acids is 1. The van der Waals surface area contributed by atoms with Crippen molar-refractivity contribution in [2.75, 3.05) is 19.8 Å². The minimum atomic E-state index is -3.60. The van der Waals surface area contributed by atoms with Crippen LogP contribution in [0.5, 0.6) is 0 Å². The van der Waals surface area contributed by atoms with Crippen molar-refractivity contribution in [3.05, 3.63) is 93.2 Å². The summed E-state index contributed by atoms with van der Waals surface area (Å²) in [6, 6.07) is 11.5. The fourth-order valence-electron chi connectivity index (χ4n) is 4.04. The smallest absolute Gasteiger partial charge is 0.250 e. The Morgan fingerprint density at radius 1 is 1.05 bits per heavy atom. The zero-order chi connectivity index (χ0) is 29.3. The van der Waals surface area contributed by atoms with Gasteiger partial charge in [-0.1, -0.05) is 19.1 Å². The van der Waals surface area contributed by atoms with Gasteiger partial charge in [-0.05, 0) is 73.7 Å². The van der Waals surface area contributed by atoms with E-state index in [1.807, 2.05) is 27.7 Å². The molecular formula is C29H35FN2O5S2. The SMILES string of the molecule is C[C@H](C[S@@](=O)C(C)(C)C)c1cc(=O)n(C)cc1-c1cc(CS(=O)(=O)N(C)C)ccc1C(=O)c1ccc(F)cc1. The Morgan fingerprint density at radius 2 is 1.67 bits per heavy atom. The topological polar surface area (TPSA) is 93.5 Å². The highest BCUT2D eigenvalue weighted by atomic mass is 32.2. The van der Waals surface area contributed by atoms with Crippen molar-refractivity contribution < 1.29 is 21.8 Å². The Hall–Kier alpha value is -2.95. The van der Waals surface area contributed by atoms with Crippen LogP contribution in [0.25, 0.3) is 11.1 Å². The van der Waals surface area contributed by atoms with E-state index < -0.39 is 31.4 Å². The average molecular weight is 575 g/mol. The number of aryl methyl sites for hydroxylation is 1. The summed E-state index contributed by atoms with van der Waals surface area (Å²) >= 11 is 0. The number of hydrogen-bond acceptors (Lipinski definition) is 5. The van der Waals surface area contributed by atoms with Gasteiger partial charge >= 0.3 is 0 Å². The highest BCUT2D eigenvalue weighted by molar-refractivity contribution is 7.88. The summed E-state index contributed by atoms with van der Waals surface area (Å²) in [4.78, 5) is 26.3. The lowest BCUT2D eigenvalue weighted by atomic mass is 9.88. The van der Waals surface area contributed by atoms with E-state index in [0.29, 0.717) is 28.0 Å². The third-order valence-electron chi connectivity index (χ3n) is 6.51. The summed E-state index contributed by atoms with van der Waals surface area (Å²) in [7, 11) is -0.321. The molecule has 0 aliphatic heterocycles. The van der Waals surface area contributed by atoms with Crippen LogP contribution in [0.2, 0.25) is 0 Å². The first-order valence-electron chi connectivity index (χ1n) is 12.4. The number of aromatic nitrogens is 1. The van der Waals surface area contributed by atoms with E-state index in [-0.39, 0.29) is 34.1 Å². The summed E-state index contributed by atoms with van der Waals surface area (Å²) in [5.41, 5.74) is 2.34. The lowest BCUT2D eigenvalue weighted by Crippen LogP contribution is -2.27. The van der Waals surface area contributed by atoms with Gasteiger partial charge < -0.3 is 4.57 Å². The van der Waals surface area contributed by atoms with E-state index in [2.05, 4.69) is 0 Å². The Bertz CT molecular complexity index is 1570. The number of carbonyl (C=O) groups is 1. The summed E-state index contributed by atoms with van der Waals surface area (Å²) < 4.78 is 53.9. The quantitative estimate of drug-likeness (QED) is 0.352. The van der Waals surface area contributed by atoms with Crippen LogP contribution < -0.4 is 5.56 Å². The Morgan fingerprint density at radius 3 is 2.23 bits per heavy atom. The van der Waals surface area contributed by atoms with Gasteiger partial charge in [0.25, 0.3) is 5.56 Å². The fraction of sp³-hybridized carbons (Fsp3) is 0.379. The molecule has 210 valence electrons. The lowest BCUT2D eigenvalue weighted by Gasteiger charge is -2.23. The molecule has 0 amide bonds. The molecule has 2 aromatic carbocycles. The number of hydrogen-bond donors (Lipinski definition) is 0. The van der Waals surface area contributed by atoms with Crippen LogP contribution in [0, 0.1) is 5.82 Å². The molecule has 7 nitrogen and oxygen atoms in total. The van der Waals surface area contributed by atoms with Crippen LogP contribution in [-0.4, -0.2) is 51.9 Å². The van der Waals surface area contributed by atoms with Gasteiger partial charge in [-0.15, -0.1) is 0 Å². The number of rotatable bonds is 9. The van der Waals surface area contributed by atoms with Crippen molar-refractivity contribution in [2.24, 2.45) is 7.05 Å². The number of pyridine rings is 1. The largest absolute Gasteiger partial charge is 0.318 e. The predicted molar refractivity (Wildman–Crippen MR) is 154 cm³/mol. The molecule has 0 fully saturated rings. The van der Waals surface area contributed by atoms with Gasteiger partial charge in [0, 0.05) is 71.4 Å².